The van der Waals surface area contributed by atoms with Gasteiger partial charge >= 0.3 is 0 Å². The van der Waals surface area contributed by atoms with Crippen molar-refractivity contribution in [3.63, 3.8) is 0 Å². The third-order valence-corrected chi connectivity index (χ3v) is 4.90. The molecule has 0 spiro atoms. The predicted molar refractivity (Wildman–Crippen MR) is 104 cm³/mol. The normalized spacial score (nSPS) is 14.9. The highest BCUT2D eigenvalue weighted by atomic mass is 19.1. The summed E-state index contributed by atoms with van der Waals surface area (Å²) < 4.78 is 13.5. The number of nitrogens with zero attached hydrogens (tertiary/aromatic N) is 1. The Morgan fingerprint density at radius 1 is 1.12 bits per heavy atom. The van der Waals surface area contributed by atoms with Crippen molar-refractivity contribution in [2.24, 2.45) is 5.92 Å². The number of carbonyl (C=O) groups is 1. The van der Waals surface area contributed by atoms with Crippen molar-refractivity contribution < 1.29 is 9.18 Å². The van der Waals surface area contributed by atoms with Gasteiger partial charge in [-0.25, -0.2) is 4.39 Å². The Balaban J connectivity index is 1.44. The maximum Gasteiger partial charge on any atom is 0.239 e. The zero-order valence-electron chi connectivity index (χ0n) is 15.2. The molecule has 138 valence electrons. The zero-order chi connectivity index (χ0) is 18.4. The summed E-state index contributed by atoms with van der Waals surface area (Å²) in [6.07, 6.45) is 2.48. The summed E-state index contributed by atoms with van der Waals surface area (Å²) in [5.74, 6) is 0.348. The molecule has 3 rings (SSSR count). The number of hydrogen-bond acceptors (Lipinski definition) is 3. The fourth-order valence-corrected chi connectivity index (χ4v) is 3.14. The Morgan fingerprint density at radius 3 is 2.50 bits per heavy atom. The molecule has 0 saturated carbocycles. The number of nitrogens with one attached hydrogen (secondary N) is 2. The summed E-state index contributed by atoms with van der Waals surface area (Å²) in [4.78, 5) is 14.3. The van der Waals surface area contributed by atoms with E-state index in [0.717, 1.165) is 24.7 Å². The first-order valence-corrected chi connectivity index (χ1v) is 9.21. The topological polar surface area (TPSA) is 44.4 Å². The highest BCUT2D eigenvalue weighted by Crippen LogP contribution is 2.24. The molecule has 4 nitrogen and oxygen atoms in total. The van der Waals surface area contributed by atoms with Crippen molar-refractivity contribution in [3.05, 3.63) is 59.9 Å². The molecule has 5 heteroatoms. The molecule has 0 atom stereocenters. The lowest BCUT2D eigenvalue weighted by Crippen LogP contribution is -2.32. The third kappa shape index (κ3) is 4.97. The molecule has 1 aliphatic rings. The average molecular weight is 355 g/mol. The maximum absolute atomic E-state index is 13.5. The van der Waals surface area contributed by atoms with Crippen LogP contribution in [0.15, 0.2) is 48.5 Å². The number of rotatable bonds is 6. The second-order valence-electron chi connectivity index (χ2n) is 6.94. The van der Waals surface area contributed by atoms with Gasteiger partial charge in [0.15, 0.2) is 0 Å². The van der Waals surface area contributed by atoms with E-state index in [4.69, 9.17) is 0 Å². The lowest BCUT2D eigenvalue weighted by molar-refractivity contribution is -0.119. The molecule has 1 fully saturated rings. The summed E-state index contributed by atoms with van der Waals surface area (Å²) in [7, 11) is 0. The van der Waals surface area contributed by atoms with E-state index in [0.29, 0.717) is 5.56 Å². The maximum atomic E-state index is 13.5. The lowest BCUT2D eigenvalue weighted by Gasteiger charge is -2.32. The first kappa shape index (κ1) is 18.2. The van der Waals surface area contributed by atoms with Gasteiger partial charge in [0.2, 0.25) is 5.91 Å². The molecule has 2 aromatic rings. The van der Waals surface area contributed by atoms with E-state index in [1.165, 1.54) is 24.6 Å². The quantitative estimate of drug-likeness (QED) is 0.829. The van der Waals surface area contributed by atoms with E-state index in [-0.39, 0.29) is 24.8 Å². The molecule has 0 unspecified atom stereocenters. The lowest BCUT2D eigenvalue weighted by atomic mass is 9.99. The summed E-state index contributed by atoms with van der Waals surface area (Å²) >= 11 is 0. The Morgan fingerprint density at radius 2 is 1.81 bits per heavy atom. The molecule has 0 radical (unpaired) electrons. The summed E-state index contributed by atoms with van der Waals surface area (Å²) in [6, 6.07) is 14.6. The zero-order valence-corrected chi connectivity index (χ0v) is 15.2. The molecular formula is C21H26FN3O. The molecule has 0 aromatic heterocycles. The van der Waals surface area contributed by atoms with Crippen LogP contribution in [-0.4, -0.2) is 25.5 Å². The van der Waals surface area contributed by atoms with Gasteiger partial charge in [0.1, 0.15) is 5.82 Å². The Bertz CT molecular complexity index is 724. The Hall–Kier alpha value is -2.56. The van der Waals surface area contributed by atoms with Crippen LogP contribution >= 0.6 is 0 Å². The molecule has 2 aromatic carbocycles. The van der Waals surface area contributed by atoms with Crippen molar-refractivity contribution in [2.45, 2.75) is 26.3 Å². The first-order chi connectivity index (χ1) is 12.6. The SMILES string of the molecule is CC1CCN(c2ccc(NCC(=O)NCc3ccccc3F)cc2)CC1. The fraction of sp³-hybridized carbons (Fsp3) is 0.381. The van der Waals surface area contributed by atoms with E-state index < -0.39 is 0 Å². The van der Waals surface area contributed by atoms with Gasteiger partial charge in [-0.3, -0.25) is 4.79 Å². The van der Waals surface area contributed by atoms with Crippen LogP contribution < -0.4 is 15.5 Å². The van der Waals surface area contributed by atoms with Gasteiger partial charge in [-0.05, 0) is 49.1 Å². The molecule has 1 heterocycles. The number of amides is 1. The molecular weight excluding hydrogens is 329 g/mol. The van der Waals surface area contributed by atoms with Crippen molar-refractivity contribution in [1.29, 1.82) is 0 Å². The minimum Gasteiger partial charge on any atom is -0.376 e. The summed E-state index contributed by atoms with van der Waals surface area (Å²) in [6.45, 7) is 4.87. The molecule has 1 amide bonds. The van der Waals surface area contributed by atoms with Crippen LogP contribution in [0.3, 0.4) is 0 Å². The minimum absolute atomic E-state index is 0.162. The summed E-state index contributed by atoms with van der Waals surface area (Å²) in [5, 5.41) is 5.84. The van der Waals surface area contributed by atoms with Crippen molar-refractivity contribution in [1.82, 2.24) is 5.32 Å². The number of piperidine rings is 1. The number of halogens is 1. The molecule has 26 heavy (non-hydrogen) atoms. The van der Waals surface area contributed by atoms with Crippen LogP contribution in [-0.2, 0) is 11.3 Å². The molecule has 1 saturated heterocycles. The van der Waals surface area contributed by atoms with E-state index >= 15 is 0 Å². The van der Waals surface area contributed by atoms with Crippen LogP contribution in [0, 0.1) is 11.7 Å². The van der Waals surface area contributed by atoms with Crippen LogP contribution in [0.4, 0.5) is 15.8 Å². The summed E-state index contributed by atoms with van der Waals surface area (Å²) in [5.41, 5.74) is 2.62. The van der Waals surface area contributed by atoms with Crippen LogP contribution in [0.5, 0.6) is 0 Å². The third-order valence-electron chi connectivity index (χ3n) is 4.90. The van der Waals surface area contributed by atoms with Gasteiger partial charge in [-0.1, -0.05) is 25.1 Å². The highest BCUT2D eigenvalue weighted by molar-refractivity contribution is 5.80. The molecule has 0 aliphatic carbocycles. The number of hydrogen-bond donors (Lipinski definition) is 2. The molecule has 0 bridgehead atoms. The van der Waals surface area contributed by atoms with Gasteiger partial charge in [-0.2, -0.15) is 0 Å². The van der Waals surface area contributed by atoms with Crippen LogP contribution in [0.1, 0.15) is 25.3 Å². The number of anilines is 2. The van der Waals surface area contributed by atoms with E-state index in [2.05, 4.69) is 34.6 Å². The van der Waals surface area contributed by atoms with Crippen molar-refractivity contribution in [3.8, 4) is 0 Å². The highest BCUT2D eigenvalue weighted by Gasteiger charge is 2.15. The smallest absolute Gasteiger partial charge is 0.239 e. The monoisotopic (exact) mass is 355 g/mol. The second-order valence-corrected chi connectivity index (χ2v) is 6.94. The van der Waals surface area contributed by atoms with Gasteiger partial charge in [0, 0.05) is 36.6 Å². The van der Waals surface area contributed by atoms with Crippen molar-refractivity contribution >= 4 is 17.3 Å². The second kappa shape index (κ2) is 8.70. The van der Waals surface area contributed by atoms with Gasteiger partial charge in [0.05, 0.1) is 6.54 Å². The fourth-order valence-electron chi connectivity index (χ4n) is 3.14. The molecule has 1 aliphatic heterocycles. The Kier molecular flexibility index (Phi) is 6.10. The van der Waals surface area contributed by atoms with Crippen molar-refractivity contribution in [2.75, 3.05) is 29.9 Å². The standard InChI is InChI=1S/C21H26FN3O/c1-16-10-12-25(13-11-16)19-8-6-18(7-9-19)23-15-21(26)24-14-17-4-2-3-5-20(17)22/h2-9,16,23H,10-15H2,1H3,(H,24,26). The van der Waals surface area contributed by atoms with E-state index in [1.807, 2.05) is 12.1 Å². The van der Waals surface area contributed by atoms with Gasteiger partial charge < -0.3 is 15.5 Å². The van der Waals surface area contributed by atoms with Crippen LogP contribution in [0.2, 0.25) is 0 Å². The van der Waals surface area contributed by atoms with Crippen LogP contribution in [0.25, 0.3) is 0 Å². The first-order valence-electron chi connectivity index (χ1n) is 9.21. The van der Waals surface area contributed by atoms with Gasteiger partial charge in [-0.15, -0.1) is 0 Å². The number of carbonyl (C=O) groups excluding carboxylic acids is 1. The average Bonchev–Trinajstić information content (AvgIpc) is 2.67. The largest absolute Gasteiger partial charge is 0.376 e. The number of benzene rings is 2. The van der Waals surface area contributed by atoms with E-state index in [9.17, 15) is 9.18 Å². The molecule has 2 N–H and O–H groups in total. The van der Waals surface area contributed by atoms with E-state index in [1.54, 1.807) is 18.2 Å². The van der Waals surface area contributed by atoms with Gasteiger partial charge in [0.25, 0.3) is 0 Å². The minimum atomic E-state index is -0.302. The predicted octanol–water partition coefficient (Wildman–Crippen LogP) is 3.79. The Labute approximate surface area is 154 Å².